The highest BCUT2D eigenvalue weighted by Crippen LogP contribution is 2.36. The summed E-state index contributed by atoms with van der Waals surface area (Å²) in [6.45, 7) is 7.45. The summed E-state index contributed by atoms with van der Waals surface area (Å²) < 4.78 is 3.29. The van der Waals surface area contributed by atoms with Gasteiger partial charge in [-0.1, -0.05) is 32.0 Å². The highest BCUT2D eigenvalue weighted by molar-refractivity contribution is 6.08. The number of fused-ring (bicyclic) bond motifs is 2. The van der Waals surface area contributed by atoms with Gasteiger partial charge >= 0.3 is 0 Å². The first-order chi connectivity index (χ1) is 20.8. The number of nitrogen functional groups attached to an aromatic ring is 1. The summed E-state index contributed by atoms with van der Waals surface area (Å²) in [4.78, 5) is 53.7. The second kappa shape index (κ2) is 10.5. The Morgan fingerprint density at radius 2 is 1.82 bits per heavy atom. The van der Waals surface area contributed by atoms with Crippen LogP contribution in [0.3, 0.4) is 0 Å². The standard InChI is InChI=1S/C33H33N7O4/c1-32(2)13-12-24-21(27(32)41)14-22(31(43)40(24)20-8-6-5-7-9-20)30(42)38-25-11-10-19(15-35-25)23-16-39(17-33(3,4)44)29-26(23)28(34)36-18-37-29/h5-11,14-16,18,44H,12-13,17H2,1-4H3,(H2,34,36,37)(H,35,38,42). The highest BCUT2D eigenvalue weighted by Gasteiger charge is 2.37. The number of anilines is 2. The minimum atomic E-state index is -0.995. The molecule has 0 bridgehead atoms. The van der Waals surface area contributed by atoms with Crippen LogP contribution in [0, 0.1) is 5.41 Å². The fourth-order valence-corrected chi connectivity index (χ4v) is 5.73. The second-order valence-electron chi connectivity index (χ2n) is 12.4. The molecule has 6 rings (SSSR count). The number of hydrogen-bond donors (Lipinski definition) is 3. The van der Waals surface area contributed by atoms with Gasteiger partial charge in [-0.05, 0) is 57.0 Å². The molecule has 224 valence electrons. The number of pyridine rings is 2. The van der Waals surface area contributed by atoms with Crippen LogP contribution in [0.25, 0.3) is 27.8 Å². The number of Topliss-reactive ketones (excluding diaryl/α,β-unsaturated/α-hetero) is 1. The normalized spacial score (nSPS) is 14.4. The van der Waals surface area contributed by atoms with Gasteiger partial charge in [0.2, 0.25) is 0 Å². The van der Waals surface area contributed by atoms with Crippen molar-refractivity contribution in [2.24, 2.45) is 5.41 Å². The van der Waals surface area contributed by atoms with Crippen LogP contribution in [0.2, 0.25) is 0 Å². The maximum absolute atomic E-state index is 13.8. The van der Waals surface area contributed by atoms with Crippen LogP contribution < -0.4 is 16.6 Å². The van der Waals surface area contributed by atoms with Crippen LogP contribution in [0.5, 0.6) is 0 Å². The van der Waals surface area contributed by atoms with E-state index in [1.165, 1.54) is 17.0 Å². The molecule has 44 heavy (non-hydrogen) atoms. The molecule has 0 spiro atoms. The van der Waals surface area contributed by atoms with Gasteiger partial charge in [0.1, 0.15) is 29.2 Å². The number of nitrogens with one attached hydrogen (secondary N) is 1. The van der Waals surface area contributed by atoms with E-state index in [-0.39, 0.29) is 29.5 Å². The molecule has 0 aliphatic heterocycles. The van der Waals surface area contributed by atoms with Gasteiger partial charge in [0, 0.05) is 45.9 Å². The first-order valence-electron chi connectivity index (χ1n) is 14.3. The summed E-state index contributed by atoms with van der Waals surface area (Å²) in [6.07, 6.45) is 5.92. The summed E-state index contributed by atoms with van der Waals surface area (Å²) in [5.41, 5.74) is 7.51. The third-order valence-electron chi connectivity index (χ3n) is 7.96. The molecule has 11 nitrogen and oxygen atoms in total. The van der Waals surface area contributed by atoms with Crippen molar-refractivity contribution in [1.29, 1.82) is 0 Å². The molecule has 0 radical (unpaired) electrons. The minimum Gasteiger partial charge on any atom is -0.389 e. The van der Waals surface area contributed by atoms with E-state index in [1.807, 2.05) is 42.8 Å². The van der Waals surface area contributed by atoms with Gasteiger partial charge in [-0.25, -0.2) is 15.0 Å². The van der Waals surface area contributed by atoms with Gasteiger partial charge in [-0.2, -0.15) is 0 Å². The number of para-hydroxylation sites is 1. The van der Waals surface area contributed by atoms with Gasteiger partial charge in [0.15, 0.2) is 5.78 Å². The summed E-state index contributed by atoms with van der Waals surface area (Å²) in [5, 5.41) is 13.8. The van der Waals surface area contributed by atoms with Crippen molar-refractivity contribution in [2.45, 2.75) is 52.7 Å². The summed E-state index contributed by atoms with van der Waals surface area (Å²) in [6, 6.07) is 13.8. The number of hydrogen-bond acceptors (Lipinski definition) is 8. The Hall–Kier alpha value is -5.16. The topological polar surface area (TPSA) is 158 Å². The lowest BCUT2D eigenvalue weighted by atomic mass is 9.74. The first kappa shape index (κ1) is 28.9. The van der Waals surface area contributed by atoms with Crippen LogP contribution >= 0.6 is 0 Å². The number of nitrogens with two attached hydrogens (primary N) is 1. The zero-order chi connectivity index (χ0) is 31.4. The summed E-state index contributed by atoms with van der Waals surface area (Å²) >= 11 is 0. The third kappa shape index (κ3) is 5.15. The van der Waals surface area contributed by atoms with Gasteiger partial charge in [0.25, 0.3) is 11.5 Å². The van der Waals surface area contributed by atoms with Crippen molar-refractivity contribution >= 4 is 34.4 Å². The molecule has 1 aliphatic carbocycles. The average molecular weight is 592 g/mol. The van der Waals surface area contributed by atoms with Crippen LogP contribution in [-0.2, 0) is 13.0 Å². The Kier molecular flexibility index (Phi) is 6.92. The van der Waals surface area contributed by atoms with E-state index in [0.717, 1.165) is 0 Å². The smallest absolute Gasteiger partial charge is 0.268 e. The van der Waals surface area contributed by atoms with E-state index in [0.29, 0.717) is 51.9 Å². The number of nitrogens with zero attached hydrogens (tertiary/aromatic N) is 5. The van der Waals surface area contributed by atoms with E-state index in [4.69, 9.17) is 5.73 Å². The number of rotatable bonds is 6. The van der Waals surface area contributed by atoms with Crippen molar-refractivity contribution in [3.63, 3.8) is 0 Å². The van der Waals surface area contributed by atoms with Gasteiger partial charge in [-0.3, -0.25) is 19.0 Å². The van der Waals surface area contributed by atoms with Gasteiger partial charge in [0.05, 0.1) is 17.5 Å². The summed E-state index contributed by atoms with van der Waals surface area (Å²) in [7, 11) is 0. The lowest BCUT2D eigenvalue weighted by Gasteiger charge is -2.31. The fourth-order valence-electron chi connectivity index (χ4n) is 5.73. The number of benzene rings is 1. The van der Waals surface area contributed by atoms with E-state index in [2.05, 4.69) is 20.3 Å². The molecule has 5 aromatic rings. The van der Waals surface area contributed by atoms with Crippen LogP contribution in [0.4, 0.5) is 11.6 Å². The zero-order valence-electron chi connectivity index (χ0n) is 25.0. The molecule has 0 atom stereocenters. The van der Waals surface area contributed by atoms with E-state index in [1.54, 1.807) is 44.3 Å². The van der Waals surface area contributed by atoms with E-state index in [9.17, 15) is 19.5 Å². The molecule has 11 heteroatoms. The molecule has 4 heterocycles. The number of ketones is 1. The Bertz CT molecular complexity index is 1990. The third-order valence-corrected chi connectivity index (χ3v) is 7.96. The predicted molar refractivity (Wildman–Crippen MR) is 168 cm³/mol. The Balaban J connectivity index is 1.36. The maximum Gasteiger partial charge on any atom is 0.268 e. The largest absolute Gasteiger partial charge is 0.389 e. The maximum atomic E-state index is 13.8. The fraction of sp³-hybridized carbons (Fsp3) is 0.273. The molecule has 0 saturated carbocycles. The van der Waals surface area contributed by atoms with Crippen LogP contribution in [0.15, 0.2) is 72.0 Å². The number of aromatic nitrogens is 5. The molecule has 1 amide bonds. The molecular formula is C33H33N7O4. The Morgan fingerprint density at radius 1 is 1.07 bits per heavy atom. The van der Waals surface area contributed by atoms with E-state index < -0.39 is 22.5 Å². The molecular weight excluding hydrogens is 558 g/mol. The molecule has 0 unspecified atom stereocenters. The highest BCUT2D eigenvalue weighted by atomic mass is 16.3. The van der Waals surface area contributed by atoms with Gasteiger partial charge < -0.3 is 20.7 Å². The predicted octanol–water partition coefficient (Wildman–Crippen LogP) is 4.40. The molecule has 1 aliphatic rings. The molecule has 4 aromatic heterocycles. The van der Waals surface area contributed by atoms with Crippen LogP contribution in [-0.4, -0.2) is 46.5 Å². The zero-order valence-corrected chi connectivity index (χ0v) is 25.0. The molecule has 4 N–H and O–H groups in total. The molecule has 0 fully saturated rings. The van der Waals surface area contributed by atoms with Crippen LogP contribution in [0.1, 0.15) is 60.5 Å². The number of carbonyl (C=O) groups excluding carboxylic acids is 2. The van der Waals surface area contributed by atoms with Crippen molar-refractivity contribution in [1.82, 2.24) is 24.1 Å². The lowest BCUT2D eigenvalue weighted by Crippen LogP contribution is -2.38. The number of aliphatic hydroxyl groups is 1. The number of carbonyl (C=O) groups is 2. The second-order valence-corrected chi connectivity index (χ2v) is 12.4. The summed E-state index contributed by atoms with van der Waals surface area (Å²) in [5.74, 6) is -0.264. The van der Waals surface area contributed by atoms with Crippen molar-refractivity contribution in [3.05, 3.63) is 94.4 Å². The average Bonchev–Trinajstić information content (AvgIpc) is 3.34. The quantitative estimate of drug-likeness (QED) is 0.262. The minimum absolute atomic E-state index is 0.105. The van der Waals surface area contributed by atoms with Gasteiger partial charge in [-0.15, -0.1) is 0 Å². The SMILES string of the molecule is CC(C)(O)Cn1cc(-c2ccc(NC(=O)c3cc4c(n(-c5ccccc5)c3=O)CCC(C)(C)C4=O)nc2)c2c(N)ncnc21. The van der Waals surface area contributed by atoms with Crippen molar-refractivity contribution < 1.29 is 14.7 Å². The monoisotopic (exact) mass is 591 g/mol. The lowest BCUT2D eigenvalue weighted by molar-refractivity contribution is 0.0627. The van der Waals surface area contributed by atoms with E-state index >= 15 is 0 Å². The van der Waals surface area contributed by atoms with Crippen molar-refractivity contribution in [3.8, 4) is 16.8 Å². The molecule has 1 aromatic carbocycles. The Morgan fingerprint density at radius 3 is 2.50 bits per heavy atom. The molecule has 0 saturated heterocycles. The van der Waals surface area contributed by atoms with Crippen molar-refractivity contribution in [2.75, 3.05) is 11.1 Å². The number of amides is 1. The Labute approximate surface area is 253 Å². The first-order valence-corrected chi connectivity index (χ1v) is 14.3.